The lowest BCUT2D eigenvalue weighted by Gasteiger charge is -2.22. The van der Waals surface area contributed by atoms with Gasteiger partial charge in [0.05, 0.1) is 5.41 Å². The van der Waals surface area contributed by atoms with Crippen molar-refractivity contribution in [3.05, 3.63) is 0 Å². The summed E-state index contributed by atoms with van der Waals surface area (Å²) >= 11 is 0. The fourth-order valence-corrected chi connectivity index (χ4v) is 2.63. The largest absolute Gasteiger partial charge is 0.289 e. The van der Waals surface area contributed by atoms with Crippen LogP contribution < -0.4 is 5.48 Å². The average Bonchev–Trinajstić information content (AvgIpc) is 2.62. The van der Waals surface area contributed by atoms with Crippen LogP contribution in [0.1, 0.15) is 32.1 Å². The van der Waals surface area contributed by atoms with Crippen molar-refractivity contribution < 1.29 is 10.0 Å². The van der Waals surface area contributed by atoms with E-state index >= 15 is 0 Å². The van der Waals surface area contributed by atoms with Crippen LogP contribution in [0, 0.1) is 11.3 Å². The van der Waals surface area contributed by atoms with E-state index in [-0.39, 0.29) is 11.3 Å². The Balaban J connectivity index is 2.16. The SMILES string of the molecule is O=C(NO)C12CCC(CC1)C2. The van der Waals surface area contributed by atoms with Crippen LogP contribution >= 0.6 is 0 Å². The molecule has 0 saturated heterocycles. The first-order valence-electron chi connectivity index (χ1n) is 4.21. The summed E-state index contributed by atoms with van der Waals surface area (Å²) in [4.78, 5) is 11.2. The van der Waals surface area contributed by atoms with E-state index in [1.165, 1.54) is 12.8 Å². The molecule has 0 heterocycles. The minimum Gasteiger partial charge on any atom is -0.289 e. The molecule has 1 amide bonds. The first-order valence-corrected chi connectivity index (χ1v) is 4.21. The van der Waals surface area contributed by atoms with Crippen molar-refractivity contribution in [1.82, 2.24) is 5.48 Å². The molecule has 2 saturated carbocycles. The minimum atomic E-state index is -0.181. The van der Waals surface area contributed by atoms with Crippen LogP contribution in [-0.4, -0.2) is 11.1 Å². The van der Waals surface area contributed by atoms with Gasteiger partial charge in [-0.25, -0.2) is 5.48 Å². The average molecular weight is 155 g/mol. The van der Waals surface area contributed by atoms with Gasteiger partial charge in [0.25, 0.3) is 0 Å². The van der Waals surface area contributed by atoms with Gasteiger partial charge in [-0.15, -0.1) is 0 Å². The zero-order chi connectivity index (χ0) is 7.90. The van der Waals surface area contributed by atoms with Gasteiger partial charge in [-0.2, -0.15) is 0 Å². The molecule has 0 aromatic rings. The van der Waals surface area contributed by atoms with Gasteiger partial charge >= 0.3 is 0 Å². The smallest absolute Gasteiger partial charge is 0.249 e. The second-order valence-electron chi connectivity index (χ2n) is 3.87. The highest BCUT2D eigenvalue weighted by Crippen LogP contribution is 2.53. The van der Waals surface area contributed by atoms with Gasteiger partial charge in [-0.05, 0) is 38.0 Å². The van der Waals surface area contributed by atoms with Gasteiger partial charge in [0.1, 0.15) is 0 Å². The van der Waals surface area contributed by atoms with E-state index in [0.717, 1.165) is 25.2 Å². The van der Waals surface area contributed by atoms with Crippen LogP contribution in [0.3, 0.4) is 0 Å². The summed E-state index contributed by atoms with van der Waals surface area (Å²) in [5, 5.41) is 8.51. The molecule has 0 aromatic carbocycles. The third-order valence-electron chi connectivity index (χ3n) is 3.32. The molecule has 0 aliphatic heterocycles. The summed E-state index contributed by atoms with van der Waals surface area (Å²) < 4.78 is 0. The molecule has 2 fully saturated rings. The van der Waals surface area contributed by atoms with Crippen LogP contribution in [0.4, 0.5) is 0 Å². The fraction of sp³-hybridized carbons (Fsp3) is 0.875. The van der Waals surface area contributed by atoms with Crippen molar-refractivity contribution >= 4 is 5.91 Å². The van der Waals surface area contributed by atoms with Crippen LogP contribution in [0.15, 0.2) is 0 Å². The van der Waals surface area contributed by atoms with Gasteiger partial charge in [0, 0.05) is 0 Å². The van der Waals surface area contributed by atoms with E-state index in [1.54, 1.807) is 5.48 Å². The predicted octanol–water partition coefficient (Wildman–Crippen LogP) is 1.07. The Labute approximate surface area is 65.7 Å². The number of carbonyl (C=O) groups excluding carboxylic acids is 1. The van der Waals surface area contributed by atoms with Crippen molar-refractivity contribution in [2.75, 3.05) is 0 Å². The first-order chi connectivity index (χ1) is 5.27. The predicted molar refractivity (Wildman–Crippen MR) is 38.9 cm³/mol. The van der Waals surface area contributed by atoms with E-state index in [0.29, 0.717) is 0 Å². The maximum atomic E-state index is 11.2. The summed E-state index contributed by atoms with van der Waals surface area (Å²) in [7, 11) is 0. The highest BCUT2D eigenvalue weighted by molar-refractivity contribution is 5.82. The zero-order valence-corrected chi connectivity index (χ0v) is 6.47. The van der Waals surface area contributed by atoms with Gasteiger partial charge in [-0.3, -0.25) is 10.0 Å². The lowest BCUT2D eigenvalue weighted by atomic mass is 9.84. The number of amides is 1. The maximum Gasteiger partial charge on any atom is 0.249 e. The number of hydrogen-bond acceptors (Lipinski definition) is 2. The van der Waals surface area contributed by atoms with Gasteiger partial charge < -0.3 is 0 Å². The normalized spacial score (nSPS) is 41.0. The molecule has 0 unspecified atom stereocenters. The Kier molecular flexibility index (Phi) is 1.42. The molecule has 0 spiro atoms. The van der Waals surface area contributed by atoms with Gasteiger partial charge in [-0.1, -0.05) is 0 Å². The summed E-state index contributed by atoms with van der Waals surface area (Å²) in [6.07, 6.45) is 5.30. The second-order valence-corrected chi connectivity index (χ2v) is 3.87. The Hall–Kier alpha value is -0.570. The Morgan fingerprint density at radius 1 is 1.45 bits per heavy atom. The molecule has 2 N–H and O–H groups in total. The van der Waals surface area contributed by atoms with E-state index < -0.39 is 0 Å². The summed E-state index contributed by atoms with van der Waals surface area (Å²) in [6, 6.07) is 0. The highest BCUT2D eigenvalue weighted by Gasteiger charge is 2.49. The highest BCUT2D eigenvalue weighted by atomic mass is 16.5. The molecule has 62 valence electrons. The van der Waals surface area contributed by atoms with E-state index in [2.05, 4.69) is 0 Å². The Bertz CT molecular complexity index is 183. The summed E-state index contributed by atoms with van der Waals surface area (Å²) in [5.41, 5.74) is 1.61. The first kappa shape index (κ1) is 7.10. The fourth-order valence-electron chi connectivity index (χ4n) is 2.63. The van der Waals surface area contributed by atoms with Crippen LogP contribution in [-0.2, 0) is 4.79 Å². The molecule has 2 aliphatic rings. The lowest BCUT2D eigenvalue weighted by molar-refractivity contribution is -0.139. The van der Waals surface area contributed by atoms with Crippen molar-refractivity contribution in [2.45, 2.75) is 32.1 Å². The molecule has 0 aromatic heterocycles. The van der Waals surface area contributed by atoms with Crippen molar-refractivity contribution in [1.29, 1.82) is 0 Å². The number of hydroxylamine groups is 1. The molecule has 0 atom stereocenters. The van der Waals surface area contributed by atoms with Crippen molar-refractivity contribution in [3.8, 4) is 0 Å². The second kappa shape index (κ2) is 2.21. The van der Waals surface area contributed by atoms with Crippen LogP contribution in [0.25, 0.3) is 0 Å². The van der Waals surface area contributed by atoms with E-state index in [1.807, 2.05) is 0 Å². The van der Waals surface area contributed by atoms with E-state index in [4.69, 9.17) is 5.21 Å². The van der Waals surface area contributed by atoms with Crippen LogP contribution in [0.5, 0.6) is 0 Å². The third-order valence-corrected chi connectivity index (χ3v) is 3.32. The number of nitrogens with one attached hydrogen (secondary N) is 1. The standard InChI is InChI=1S/C8H13NO2/c10-7(9-11)8-3-1-6(5-8)2-4-8/h6,11H,1-5H2,(H,9,10). The third kappa shape index (κ3) is 0.872. The molecule has 2 bridgehead atoms. The molecule has 3 nitrogen and oxygen atoms in total. The van der Waals surface area contributed by atoms with Gasteiger partial charge in [0.15, 0.2) is 0 Å². The number of rotatable bonds is 1. The molecule has 2 rings (SSSR count). The molecule has 0 radical (unpaired) electrons. The zero-order valence-electron chi connectivity index (χ0n) is 6.47. The Morgan fingerprint density at radius 3 is 2.45 bits per heavy atom. The molecule has 3 heteroatoms. The quantitative estimate of drug-likeness (QED) is 0.439. The summed E-state index contributed by atoms with van der Waals surface area (Å²) in [5.74, 6) is 0.602. The number of fused-ring (bicyclic) bond motifs is 2. The number of carbonyl (C=O) groups is 1. The van der Waals surface area contributed by atoms with Gasteiger partial charge in [0.2, 0.25) is 5.91 Å². The molecular formula is C8H13NO2. The minimum absolute atomic E-state index is 0.155. The topological polar surface area (TPSA) is 49.3 Å². The molecule has 2 aliphatic carbocycles. The van der Waals surface area contributed by atoms with E-state index in [9.17, 15) is 4.79 Å². The van der Waals surface area contributed by atoms with Crippen LogP contribution in [0.2, 0.25) is 0 Å². The number of hydrogen-bond donors (Lipinski definition) is 2. The molecular weight excluding hydrogens is 142 g/mol. The lowest BCUT2D eigenvalue weighted by Crippen LogP contribution is -2.36. The maximum absolute atomic E-state index is 11.2. The van der Waals surface area contributed by atoms with Crippen molar-refractivity contribution in [3.63, 3.8) is 0 Å². The van der Waals surface area contributed by atoms with Crippen molar-refractivity contribution in [2.24, 2.45) is 11.3 Å². The molecule has 11 heavy (non-hydrogen) atoms. The Morgan fingerprint density at radius 2 is 2.09 bits per heavy atom. The monoisotopic (exact) mass is 155 g/mol. The summed E-state index contributed by atoms with van der Waals surface area (Å²) in [6.45, 7) is 0.